The fourth-order valence-electron chi connectivity index (χ4n) is 1.91. The van der Waals surface area contributed by atoms with Gasteiger partial charge >= 0.3 is 5.97 Å². The number of carbonyl (C=O) groups is 1. The van der Waals surface area contributed by atoms with Gasteiger partial charge in [0.05, 0.1) is 12.0 Å². The van der Waals surface area contributed by atoms with Gasteiger partial charge in [0.2, 0.25) is 0 Å². The first-order valence-electron chi connectivity index (χ1n) is 5.23. The van der Waals surface area contributed by atoms with Crippen molar-refractivity contribution in [2.75, 3.05) is 40.4 Å². The van der Waals surface area contributed by atoms with Crippen molar-refractivity contribution in [3.8, 4) is 0 Å². The molecular formula is C10H20N2O3. The zero-order chi connectivity index (χ0) is 11.3. The topological polar surface area (TPSA) is 61.8 Å². The van der Waals surface area contributed by atoms with Crippen LogP contribution in [0.1, 0.15) is 12.8 Å². The molecule has 0 bridgehead atoms. The summed E-state index contributed by atoms with van der Waals surface area (Å²) in [6, 6.07) is 0. The number of nitrogens with zero attached hydrogens (tertiary/aromatic N) is 1. The van der Waals surface area contributed by atoms with Crippen LogP contribution in [0.3, 0.4) is 0 Å². The lowest BCUT2D eigenvalue weighted by Crippen LogP contribution is -2.68. The van der Waals surface area contributed by atoms with Crippen molar-refractivity contribution in [2.24, 2.45) is 0 Å². The van der Waals surface area contributed by atoms with Crippen LogP contribution in [0.5, 0.6) is 0 Å². The lowest BCUT2D eigenvalue weighted by molar-refractivity contribution is -0.141. The van der Waals surface area contributed by atoms with Crippen LogP contribution in [-0.2, 0) is 9.53 Å². The zero-order valence-electron chi connectivity index (χ0n) is 9.45. The van der Waals surface area contributed by atoms with Gasteiger partial charge in [-0.3, -0.25) is 9.69 Å². The van der Waals surface area contributed by atoms with E-state index < -0.39 is 5.97 Å². The highest BCUT2D eigenvalue weighted by Gasteiger charge is 2.42. The van der Waals surface area contributed by atoms with E-state index >= 15 is 0 Å². The molecule has 0 radical (unpaired) electrons. The molecule has 0 unspecified atom stereocenters. The van der Waals surface area contributed by atoms with Crippen LogP contribution < -0.4 is 5.32 Å². The second kappa shape index (κ2) is 5.44. The first-order chi connectivity index (χ1) is 7.10. The lowest BCUT2D eigenvalue weighted by atomic mass is 9.86. The third-order valence-corrected chi connectivity index (χ3v) is 3.04. The van der Waals surface area contributed by atoms with Gasteiger partial charge < -0.3 is 15.2 Å². The molecule has 0 atom stereocenters. The SMILES string of the molecule is COCCCN(C)C1(CC(=O)O)CNC1. The van der Waals surface area contributed by atoms with Crippen molar-refractivity contribution in [3.05, 3.63) is 0 Å². The number of carboxylic acids is 1. The minimum absolute atomic E-state index is 0.181. The molecule has 0 amide bonds. The maximum Gasteiger partial charge on any atom is 0.305 e. The molecule has 0 aliphatic carbocycles. The van der Waals surface area contributed by atoms with Gasteiger partial charge in [0.15, 0.2) is 0 Å². The molecule has 5 nitrogen and oxygen atoms in total. The lowest BCUT2D eigenvalue weighted by Gasteiger charge is -2.48. The van der Waals surface area contributed by atoms with Gasteiger partial charge in [-0.25, -0.2) is 0 Å². The maximum absolute atomic E-state index is 10.8. The highest BCUT2D eigenvalue weighted by Crippen LogP contribution is 2.23. The van der Waals surface area contributed by atoms with E-state index in [2.05, 4.69) is 10.2 Å². The Hall–Kier alpha value is -0.650. The maximum atomic E-state index is 10.8. The normalized spacial score (nSPS) is 18.9. The van der Waals surface area contributed by atoms with Crippen molar-refractivity contribution in [1.82, 2.24) is 10.2 Å². The van der Waals surface area contributed by atoms with Crippen LogP contribution in [0, 0.1) is 0 Å². The summed E-state index contributed by atoms with van der Waals surface area (Å²) >= 11 is 0. The molecule has 88 valence electrons. The van der Waals surface area contributed by atoms with E-state index in [0.29, 0.717) is 0 Å². The molecule has 5 heteroatoms. The molecule has 0 aromatic rings. The Labute approximate surface area is 90.4 Å². The predicted octanol–water partition coefficient (Wildman–Crippen LogP) is -0.229. The largest absolute Gasteiger partial charge is 0.481 e. The molecular weight excluding hydrogens is 196 g/mol. The van der Waals surface area contributed by atoms with E-state index in [-0.39, 0.29) is 12.0 Å². The Morgan fingerprint density at radius 3 is 2.67 bits per heavy atom. The average Bonchev–Trinajstić information content (AvgIpc) is 2.11. The molecule has 1 aliphatic heterocycles. The van der Waals surface area contributed by atoms with Crippen molar-refractivity contribution >= 4 is 5.97 Å². The minimum atomic E-state index is -0.727. The molecule has 15 heavy (non-hydrogen) atoms. The summed E-state index contributed by atoms with van der Waals surface area (Å²) in [6.45, 7) is 3.13. The molecule has 0 aromatic carbocycles. The summed E-state index contributed by atoms with van der Waals surface area (Å²) < 4.78 is 4.98. The van der Waals surface area contributed by atoms with Gasteiger partial charge in [0.25, 0.3) is 0 Å². The predicted molar refractivity (Wildman–Crippen MR) is 57.0 cm³/mol. The number of aliphatic carboxylic acids is 1. The highest BCUT2D eigenvalue weighted by molar-refractivity contribution is 5.68. The molecule has 1 saturated heterocycles. The van der Waals surface area contributed by atoms with E-state index in [0.717, 1.165) is 32.7 Å². The summed E-state index contributed by atoms with van der Waals surface area (Å²) in [5, 5.41) is 12.0. The van der Waals surface area contributed by atoms with Crippen LogP contribution in [0.4, 0.5) is 0 Å². The monoisotopic (exact) mass is 216 g/mol. The Morgan fingerprint density at radius 1 is 1.60 bits per heavy atom. The van der Waals surface area contributed by atoms with Crippen molar-refractivity contribution in [3.63, 3.8) is 0 Å². The van der Waals surface area contributed by atoms with Crippen molar-refractivity contribution in [2.45, 2.75) is 18.4 Å². The third kappa shape index (κ3) is 3.15. The highest BCUT2D eigenvalue weighted by atomic mass is 16.5. The average molecular weight is 216 g/mol. The fraction of sp³-hybridized carbons (Fsp3) is 0.900. The minimum Gasteiger partial charge on any atom is -0.481 e. The third-order valence-electron chi connectivity index (χ3n) is 3.04. The van der Waals surface area contributed by atoms with Crippen LogP contribution in [0.2, 0.25) is 0 Å². The standard InChI is InChI=1S/C10H20N2O3/c1-12(4-3-5-15-2)10(6-9(13)14)7-11-8-10/h11H,3-8H2,1-2H3,(H,13,14). The molecule has 1 fully saturated rings. The number of nitrogens with one attached hydrogen (secondary N) is 1. The van der Waals surface area contributed by atoms with Gasteiger partial charge in [-0.1, -0.05) is 0 Å². The number of hydrogen-bond acceptors (Lipinski definition) is 4. The van der Waals surface area contributed by atoms with Crippen molar-refractivity contribution < 1.29 is 14.6 Å². The van der Waals surface area contributed by atoms with E-state index in [4.69, 9.17) is 9.84 Å². The van der Waals surface area contributed by atoms with E-state index in [1.54, 1.807) is 7.11 Å². The van der Waals surface area contributed by atoms with E-state index in [9.17, 15) is 4.79 Å². The van der Waals surface area contributed by atoms with Gasteiger partial charge in [-0.05, 0) is 13.5 Å². The Morgan fingerprint density at radius 2 is 2.27 bits per heavy atom. The molecule has 0 saturated carbocycles. The van der Waals surface area contributed by atoms with Gasteiger partial charge in [-0.2, -0.15) is 0 Å². The van der Waals surface area contributed by atoms with Crippen LogP contribution >= 0.6 is 0 Å². The summed E-state index contributed by atoms with van der Waals surface area (Å²) in [6.07, 6.45) is 1.15. The number of likely N-dealkylation sites (N-methyl/N-ethyl adjacent to an activating group) is 1. The quantitative estimate of drug-likeness (QED) is 0.576. The molecule has 1 heterocycles. The van der Waals surface area contributed by atoms with Crippen LogP contribution in [0.25, 0.3) is 0 Å². The molecule has 0 aromatic heterocycles. The number of carboxylic acid groups (broad SMARTS) is 1. The summed E-state index contributed by atoms with van der Waals surface area (Å²) in [5.74, 6) is -0.727. The van der Waals surface area contributed by atoms with Gasteiger partial charge in [0, 0.05) is 33.4 Å². The molecule has 1 rings (SSSR count). The first-order valence-corrected chi connectivity index (χ1v) is 5.23. The van der Waals surface area contributed by atoms with E-state index in [1.165, 1.54) is 0 Å². The Kier molecular flexibility index (Phi) is 4.50. The molecule has 0 spiro atoms. The second-order valence-electron chi connectivity index (χ2n) is 4.17. The van der Waals surface area contributed by atoms with E-state index in [1.807, 2.05) is 7.05 Å². The number of rotatable bonds is 7. The zero-order valence-corrected chi connectivity index (χ0v) is 9.45. The Bertz CT molecular complexity index is 217. The second-order valence-corrected chi connectivity index (χ2v) is 4.17. The fourth-order valence-corrected chi connectivity index (χ4v) is 1.91. The number of methoxy groups -OCH3 is 1. The molecule has 1 aliphatic rings. The van der Waals surface area contributed by atoms with Gasteiger partial charge in [-0.15, -0.1) is 0 Å². The van der Waals surface area contributed by atoms with Gasteiger partial charge in [0.1, 0.15) is 0 Å². The summed E-state index contributed by atoms with van der Waals surface area (Å²) in [5.41, 5.74) is -0.181. The Balaban J connectivity index is 2.39. The van der Waals surface area contributed by atoms with Crippen LogP contribution in [-0.4, -0.2) is 61.9 Å². The summed E-state index contributed by atoms with van der Waals surface area (Å²) in [4.78, 5) is 12.9. The number of ether oxygens (including phenoxy) is 1. The summed E-state index contributed by atoms with van der Waals surface area (Å²) in [7, 11) is 3.66. The smallest absolute Gasteiger partial charge is 0.305 e. The molecule has 2 N–H and O–H groups in total. The van der Waals surface area contributed by atoms with Crippen LogP contribution in [0.15, 0.2) is 0 Å². The van der Waals surface area contributed by atoms with Crippen molar-refractivity contribution in [1.29, 1.82) is 0 Å². The number of hydrogen-bond donors (Lipinski definition) is 2. The first kappa shape index (κ1) is 12.4.